The van der Waals surface area contributed by atoms with Gasteiger partial charge in [0.25, 0.3) is 0 Å². The average molecular weight is 235 g/mol. The number of nitrogens with one attached hydrogen (secondary N) is 1. The molecule has 0 radical (unpaired) electrons. The first-order valence-corrected chi connectivity index (χ1v) is 6.79. The van der Waals surface area contributed by atoms with E-state index in [-0.39, 0.29) is 0 Å². The maximum Gasteiger partial charge on any atom is 0.105 e. The molecule has 1 aromatic heterocycles. The van der Waals surface area contributed by atoms with Crippen LogP contribution in [0.1, 0.15) is 51.9 Å². The fourth-order valence-electron chi connectivity index (χ4n) is 3.28. The summed E-state index contributed by atoms with van der Waals surface area (Å²) < 4.78 is 2.36. The number of aromatic nitrogens is 2. The van der Waals surface area contributed by atoms with Crippen molar-refractivity contribution in [1.29, 1.82) is 0 Å². The van der Waals surface area contributed by atoms with E-state index in [2.05, 4.69) is 48.8 Å². The Labute approximate surface area is 105 Å². The summed E-state index contributed by atoms with van der Waals surface area (Å²) >= 11 is 0. The lowest BCUT2D eigenvalue weighted by Crippen LogP contribution is -2.50. The molecule has 3 heteroatoms. The van der Waals surface area contributed by atoms with Crippen LogP contribution in [0.15, 0.2) is 12.4 Å². The van der Waals surface area contributed by atoms with Gasteiger partial charge in [-0.15, -0.1) is 0 Å². The Morgan fingerprint density at radius 3 is 2.88 bits per heavy atom. The maximum atomic E-state index is 4.37. The Bertz CT molecular complexity index is 367. The van der Waals surface area contributed by atoms with Crippen molar-refractivity contribution < 1.29 is 0 Å². The predicted molar refractivity (Wildman–Crippen MR) is 71.1 cm³/mol. The molecule has 1 aliphatic rings. The van der Waals surface area contributed by atoms with Crippen LogP contribution < -0.4 is 5.32 Å². The van der Waals surface area contributed by atoms with Crippen LogP contribution in [0.3, 0.4) is 0 Å². The summed E-state index contributed by atoms with van der Waals surface area (Å²) in [5.41, 5.74) is 0.371. The zero-order valence-corrected chi connectivity index (χ0v) is 11.5. The van der Waals surface area contributed by atoms with Gasteiger partial charge in [-0.25, -0.2) is 4.98 Å². The monoisotopic (exact) mass is 235 g/mol. The summed E-state index contributed by atoms with van der Waals surface area (Å²) in [4.78, 5) is 4.37. The molecule has 2 rings (SSSR count). The Kier molecular flexibility index (Phi) is 3.57. The van der Waals surface area contributed by atoms with Crippen LogP contribution in [0.4, 0.5) is 0 Å². The highest BCUT2D eigenvalue weighted by atomic mass is 15.1. The molecular weight excluding hydrogens is 210 g/mol. The summed E-state index contributed by atoms with van der Waals surface area (Å²) in [5.74, 6) is 1.13. The van der Waals surface area contributed by atoms with Gasteiger partial charge in [0, 0.05) is 18.4 Å². The molecule has 0 bridgehead atoms. The molecule has 2 unspecified atom stereocenters. The van der Waals surface area contributed by atoms with E-state index in [4.69, 9.17) is 0 Å². The van der Waals surface area contributed by atoms with Gasteiger partial charge in [-0.05, 0) is 31.7 Å². The predicted octanol–water partition coefficient (Wildman–Crippen LogP) is 2.92. The molecule has 1 aliphatic carbocycles. The van der Waals surface area contributed by atoms with Gasteiger partial charge >= 0.3 is 0 Å². The molecule has 0 amide bonds. The first-order chi connectivity index (χ1) is 8.06. The van der Waals surface area contributed by atoms with Crippen LogP contribution in [-0.4, -0.2) is 22.1 Å². The molecule has 17 heavy (non-hydrogen) atoms. The van der Waals surface area contributed by atoms with Gasteiger partial charge in [-0.2, -0.15) is 0 Å². The van der Waals surface area contributed by atoms with E-state index in [9.17, 15) is 0 Å². The number of hydrogen-bond acceptors (Lipinski definition) is 2. The number of imidazole rings is 1. The van der Waals surface area contributed by atoms with Crippen molar-refractivity contribution in [2.45, 2.75) is 59.0 Å². The highest BCUT2D eigenvalue weighted by molar-refractivity contribution is 5.01. The normalized spacial score (nSPS) is 28.2. The second-order valence-electron chi connectivity index (χ2n) is 5.87. The van der Waals surface area contributed by atoms with E-state index in [1.54, 1.807) is 0 Å². The molecule has 1 fully saturated rings. The second kappa shape index (κ2) is 4.81. The van der Waals surface area contributed by atoms with Crippen molar-refractivity contribution in [2.24, 2.45) is 5.41 Å². The fourth-order valence-corrected chi connectivity index (χ4v) is 3.28. The lowest BCUT2D eigenvalue weighted by atomic mass is 9.70. The van der Waals surface area contributed by atoms with E-state index in [0.29, 0.717) is 17.5 Å². The lowest BCUT2D eigenvalue weighted by Gasteiger charge is -2.45. The van der Waals surface area contributed by atoms with E-state index in [1.807, 2.05) is 6.20 Å². The maximum absolute atomic E-state index is 4.37. The van der Waals surface area contributed by atoms with Gasteiger partial charge < -0.3 is 9.88 Å². The Balaban J connectivity index is 2.28. The smallest absolute Gasteiger partial charge is 0.105 e. The molecule has 1 saturated carbocycles. The Hall–Kier alpha value is -0.830. The summed E-state index contributed by atoms with van der Waals surface area (Å²) in [6, 6.07) is 1.11. The summed E-state index contributed by atoms with van der Waals surface area (Å²) in [6.45, 7) is 10.1. The number of nitrogens with zero attached hydrogens (tertiary/aromatic N) is 2. The van der Waals surface area contributed by atoms with Crippen molar-refractivity contribution in [3.05, 3.63) is 18.2 Å². The van der Waals surface area contributed by atoms with E-state index < -0.39 is 0 Å². The zero-order chi connectivity index (χ0) is 12.5. The first kappa shape index (κ1) is 12.6. The first-order valence-electron chi connectivity index (χ1n) is 6.79. The third kappa shape index (κ3) is 2.39. The second-order valence-corrected chi connectivity index (χ2v) is 5.87. The molecule has 0 aliphatic heterocycles. The Morgan fingerprint density at radius 1 is 1.53 bits per heavy atom. The van der Waals surface area contributed by atoms with Crippen LogP contribution in [0.25, 0.3) is 0 Å². The van der Waals surface area contributed by atoms with Crippen LogP contribution >= 0.6 is 0 Å². The van der Waals surface area contributed by atoms with Crippen molar-refractivity contribution in [1.82, 2.24) is 14.9 Å². The van der Waals surface area contributed by atoms with Gasteiger partial charge in [0.1, 0.15) is 5.82 Å². The van der Waals surface area contributed by atoms with E-state index in [1.165, 1.54) is 19.3 Å². The molecule has 96 valence electrons. The number of rotatable bonds is 3. The molecule has 1 aromatic rings. The summed E-state index contributed by atoms with van der Waals surface area (Å²) in [5, 5.41) is 3.69. The van der Waals surface area contributed by atoms with Crippen LogP contribution in [0, 0.1) is 12.3 Å². The molecule has 2 atom stereocenters. The summed E-state index contributed by atoms with van der Waals surface area (Å²) in [7, 11) is 0. The molecular formula is C14H25N3. The van der Waals surface area contributed by atoms with Gasteiger partial charge in [-0.1, -0.05) is 27.2 Å². The minimum Gasteiger partial charge on any atom is -0.331 e. The van der Waals surface area contributed by atoms with Gasteiger partial charge in [0.2, 0.25) is 0 Å². The van der Waals surface area contributed by atoms with Crippen molar-refractivity contribution in [2.75, 3.05) is 6.54 Å². The lowest BCUT2D eigenvalue weighted by molar-refractivity contribution is 0.113. The summed E-state index contributed by atoms with van der Waals surface area (Å²) in [6.07, 6.45) is 7.94. The fraction of sp³-hybridized carbons (Fsp3) is 0.786. The standard InChI is InChI=1S/C14H25N3/c1-5-15-13-12(7-6-8-14(13,3)4)17-10-9-16-11(17)2/h9-10,12-13,15H,5-8H2,1-4H3. The van der Waals surface area contributed by atoms with Gasteiger partial charge in [0.15, 0.2) is 0 Å². The molecule has 3 nitrogen and oxygen atoms in total. The Morgan fingerprint density at radius 2 is 2.29 bits per heavy atom. The third-order valence-electron chi connectivity index (χ3n) is 4.19. The topological polar surface area (TPSA) is 29.9 Å². The quantitative estimate of drug-likeness (QED) is 0.873. The highest BCUT2D eigenvalue weighted by Crippen LogP contribution is 2.41. The van der Waals surface area contributed by atoms with Crippen LogP contribution in [-0.2, 0) is 0 Å². The SMILES string of the molecule is CCNC1C(n2ccnc2C)CCCC1(C)C. The average Bonchev–Trinajstić information content (AvgIpc) is 2.67. The van der Waals surface area contributed by atoms with Gasteiger partial charge in [0.05, 0.1) is 6.04 Å². The molecule has 1 N–H and O–H groups in total. The van der Waals surface area contributed by atoms with Crippen molar-refractivity contribution in [3.8, 4) is 0 Å². The van der Waals surface area contributed by atoms with Crippen molar-refractivity contribution in [3.63, 3.8) is 0 Å². The van der Waals surface area contributed by atoms with Crippen LogP contribution in [0.2, 0.25) is 0 Å². The third-order valence-corrected chi connectivity index (χ3v) is 4.19. The zero-order valence-electron chi connectivity index (χ0n) is 11.5. The van der Waals surface area contributed by atoms with Gasteiger partial charge in [-0.3, -0.25) is 0 Å². The molecule has 1 heterocycles. The highest BCUT2D eigenvalue weighted by Gasteiger charge is 2.39. The molecule has 0 aromatic carbocycles. The largest absolute Gasteiger partial charge is 0.331 e. The molecule has 0 spiro atoms. The number of likely N-dealkylation sites (N-methyl/N-ethyl adjacent to an activating group) is 1. The molecule has 0 saturated heterocycles. The van der Waals surface area contributed by atoms with E-state index in [0.717, 1.165) is 12.4 Å². The number of hydrogen-bond donors (Lipinski definition) is 1. The van der Waals surface area contributed by atoms with Crippen LogP contribution in [0.5, 0.6) is 0 Å². The number of aryl methyl sites for hydroxylation is 1. The minimum absolute atomic E-state index is 0.371. The van der Waals surface area contributed by atoms with E-state index >= 15 is 0 Å². The van der Waals surface area contributed by atoms with Crippen molar-refractivity contribution >= 4 is 0 Å². The minimum atomic E-state index is 0.371.